The van der Waals surface area contributed by atoms with Gasteiger partial charge in [0.1, 0.15) is 0 Å². The molecule has 1 aromatic heterocycles. The number of hydrogen-bond acceptors (Lipinski definition) is 1. The van der Waals surface area contributed by atoms with Gasteiger partial charge in [-0.15, -0.1) is 0 Å². The maximum Gasteiger partial charge on any atom is 0.0708 e. The van der Waals surface area contributed by atoms with Crippen molar-refractivity contribution in [2.24, 2.45) is 10.8 Å². The number of rotatable bonds is 2. The van der Waals surface area contributed by atoms with Crippen LogP contribution in [0.1, 0.15) is 77.0 Å². The lowest BCUT2D eigenvalue weighted by Crippen LogP contribution is -2.42. The zero-order valence-corrected chi connectivity index (χ0v) is 21.2. The van der Waals surface area contributed by atoms with Crippen molar-refractivity contribution in [1.82, 2.24) is 4.98 Å². The molecule has 34 heavy (non-hydrogen) atoms. The fraction of sp³-hybridized carbons (Fsp3) is 0.364. The second-order valence-electron chi connectivity index (χ2n) is 11.8. The molecule has 2 bridgehead atoms. The fourth-order valence-corrected chi connectivity index (χ4v) is 7.02. The quantitative estimate of drug-likeness (QED) is 0.383. The molecule has 3 aromatic rings. The Morgan fingerprint density at radius 1 is 0.735 bits per heavy atom. The van der Waals surface area contributed by atoms with Gasteiger partial charge in [0.05, 0.1) is 5.69 Å². The molecular formula is C33H35N. The summed E-state index contributed by atoms with van der Waals surface area (Å²) in [5, 5.41) is 0. The average Bonchev–Trinajstić information content (AvgIpc) is 3.07. The molecule has 3 fully saturated rings. The van der Waals surface area contributed by atoms with E-state index in [-0.39, 0.29) is 5.41 Å². The summed E-state index contributed by atoms with van der Waals surface area (Å²) < 4.78 is 0. The second-order valence-corrected chi connectivity index (χ2v) is 11.8. The Balaban J connectivity index is 1.42. The van der Waals surface area contributed by atoms with Crippen LogP contribution in [0, 0.1) is 10.8 Å². The first-order valence-electron chi connectivity index (χ1n) is 12.9. The van der Waals surface area contributed by atoms with Crippen molar-refractivity contribution in [3.63, 3.8) is 0 Å². The molecule has 4 aliphatic rings. The van der Waals surface area contributed by atoms with Gasteiger partial charge in [-0.05, 0) is 101 Å². The van der Waals surface area contributed by atoms with Gasteiger partial charge in [-0.3, -0.25) is 4.98 Å². The molecule has 0 N–H and O–H groups in total. The fourth-order valence-electron chi connectivity index (χ4n) is 7.02. The van der Waals surface area contributed by atoms with Gasteiger partial charge in [0.2, 0.25) is 0 Å². The Labute approximate surface area is 204 Å². The maximum atomic E-state index is 4.80. The van der Waals surface area contributed by atoms with Gasteiger partial charge in [-0.25, -0.2) is 0 Å². The van der Waals surface area contributed by atoms with Crippen LogP contribution in [0.5, 0.6) is 0 Å². The summed E-state index contributed by atoms with van der Waals surface area (Å²) in [6, 6.07) is 20.2. The van der Waals surface area contributed by atoms with Gasteiger partial charge in [-0.1, -0.05) is 76.2 Å². The summed E-state index contributed by atoms with van der Waals surface area (Å²) in [5.74, 6) is 0. The predicted molar refractivity (Wildman–Crippen MR) is 144 cm³/mol. The van der Waals surface area contributed by atoms with Crippen LogP contribution in [0.3, 0.4) is 0 Å². The standard InChI is InChI=1S/C33H35N/c1-6-26-29(33(5)16-14-32(26,4)15-17-33)19-22-13-18-34-30(20-22)23-11-12-25-24-9-7-8-10-27(24)31(2,3)28(25)21-23/h6-13,18-21H,14-17H2,1-5H3/b26-6?,29-19+. The molecule has 2 aromatic carbocycles. The SMILES string of the molecule is CC=C1/C(=C\c2ccnc(-c3ccc4c(c3)C(C)(C)c3ccccc3-4)c2)C2(C)CCC1(C)CC2. The molecule has 1 heteroatoms. The second kappa shape index (κ2) is 7.28. The van der Waals surface area contributed by atoms with Crippen molar-refractivity contribution >= 4 is 6.08 Å². The summed E-state index contributed by atoms with van der Waals surface area (Å²) in [7, 11) is 0. The molecule has 1 heterocycles. The predicted octanol–water partition coefficient (Wildman–Crippen LogP) is 8.98. The van der Waals surface area contributed by atoms with Crippen molar-refractivity contribution in [3.8, 4) is 22.4 Å². The van der Waals surface area contributed by atoms with Crippen molar-refractivity contribution in [2.45, 2.75) is 65.7 Å². The van der Waals surface area contributed by atoms with Crippen LogP contribution in [0.2, 0.25) is 0 Å². The number of allylic oxidation sites excluding steroid dienone is 3. The lowest BCUT2D eigenvalue weighted by Gasteiger charge is -2.54. The number of pyridine rings is 1. The highest BCUT2D eigenvalue weighted by Gasteiger charge is 2.49. The Morgan fingerprint density at radius 3 is 2.15 bits per heavy atom. The largest absolute Gasteiger partial charge is 0.256 e. The van der Waals surface area contributed by atoms with E-state index in [0.717, 1.165) is 5.69 Å². The number of aromatic nitrogens is 1. The van der Waals surface area contributed by atoms with Gasteiger partial charge in [0, 0.05) is 17.2 Å². The molecule has 1 nitrogen and oxygen atoms in total. The number of nitrogens with zero attached hydrogens (tertiary/aromatic N) is 1. The number of fused-ring (bicyclic) bond motifs is 6. The van der Waals surface area contributed by atoms with Gasteiger partial charge in [0.15, 0.2) is 0 Å². The highest BCUT2D eigenvalue weighted by atomic mass is 14.7. The molecule has 0 atom stereocenters. The minimum atomic E-state index is 0.00765. The Kier molecular flexibility index (Phi) is 4.63. The molecule has 0 unspecified atom stereocenters. The number of benzene rings is 2. The van der Waals surface area contributed by atoms with Gasteiger partial charge in [0.25, 0.3) is 0 Å². The van der Waals surface area contributed by atoms with E-state index in [1.165, 1.54) is 59.1 Å². The molecule has 0 amide bonds. The Bertz CT molecular complexity index is 1360. The molecule has 0 radical (unpaired) electrons. The normalized spacial score (nSPS) is 28.9. The molecule has 0 saturated heterocycles. The van der Waals surface area contributed by atoms with Gasteiger partial charge >= 0.3 is 0 Å². The molecule has 7 rings (SSSR count). The zero-order chi connectivity index (χ0) is 23.7. The van der Waals surface area contributed by atoms with Crippen LogP contribution in [0.15, 0.2) is 78.0 Å². The summed E-state index contributed by atoms with van der Waals surface area (Å²) in [5.41, 5.74) is 12.8. The van der Waals surface area contributed by atoms with Crippen molar-refractivity contribution in [1.29, 1.82) is 0 Å². The van der Waals surface area contributed by atoms with E-state index in [4.69, 9.17) is 4.98 Å². The Morgan fingerprint density at radius 2 is 1.41 bits per heavy atom. The molecule has 172 valence electrons. The van der Waals surface area contributed by atoms with E-state index in [0.29, 0.717) is 10.8 Å². The lowest BCUT2D eigenvalue weighted by atomic mass is 9.50. The highest BCUT2D eigenvalue weighted by Crippen LogP contribution is 2.62. The molecular weight excluding hydrogens is 410 g/mol. The lowest BCUT2D eigenvalue weighted by molar-refractivity contribution is 0.122. The first-order valence-corrected chi connectivity index (χ1v) is 12.9. The first kappa shape index (κ1) is 21.6. The van der Waals surface area contributed by atoms with E-state index in [9.17, 15) is 0 Å². The summed E-state index contributed by atoms with van der Waals surface area (Å²) in [6.07, 6.45) is 12.0. The van der Waals surface area contributed by atoms with E-state index in [1.807, 2.05) is 6.20 Å². The minimum Gasteiger partial charge on any atom is -0.256 e. The molecule has 4 aliphatic carbocycles. The van der Waals surface area contributed by atoms with Crippen LogP contribution < -0.4 is 0 Å². The van der Waals surface area contributed by atoms with E-state index in [2.05, 4.69) is 101 Å². The van der Waals surface area contributed by atoms with Crippen LogP contribution in [0.4, 0.5) is 0 Å². The first-order chi connectivity index (χ1) is 16.2. The van der Waals surface area contributed by atoms with Gasteiger partial charge < -0.3 is 0 Å². The van der Waals surface area contributed by atoms with Crippen LogP contribution in [-0.4, -0.2) is 4.98 Å². The smallest absolute Gasteiger partial charge is 0.0708 e. The third-order valence-corrected chi connectivity index (χ3v) is 9.31. The summed E-state index contributed by atoms with van der Waals surface area (Å²) in [4.78, 5) is 4.80. The summed E-state index contributed by atoms with van der Waals surface area (Å²) in [6.45, 7) is 11.9. The third-order valence-electron chi connectivity index (χ3n) is 9.31. The maximum absolute atomic E-state index is 4.80. The van der Waals surface area contributed by atoms with Crippen LogP contribution in [-0.2, 0) is 5.41 Å². The minimum absolute atomic E-state index is 0.00765. The van der Waals surface area contributed by atoms with Crippen LogP contribution in [0.25, 0.3) is 28.5 Å². The third kappa shape index (κ3) is 3.02. The Hall–Kier alpha value is -2.93. The van der Waals surface area contributed by atoms with Crippen molar-refractivity contribution in [2.75, 3.05) is 0 Å². The topological polar surface area (TPSA) is 12.9 Å². The van der Waals surface area contributed by atoms with E-state index in [1.54, 1.807) is 11.1 Å². The summed E-state index contributed by atoms with van der Waals surface area (Å²) >= 11 is 0. The zero-order valence-electron chi connectivity index (χ0n) is 21.2. The monoisotopic (exact) mass is 445 g/mol. The number of hydrogen-bond donors (Lipinski definition) is 0. The van der Waals surface area contributed by atoms with E-state index >= 15 is 0 Å². The van der Waals surface area contributed by atoms with Gasteiger partial charge in [-0.2, -0.15) is 0 Å². The molecule has 0 spiro atoms. The highest BCUT2D eigenvalue weighted by molar-refractivity contribution is 5.83. The van der Waals surface area contributed by atoms with Crippen molar-refractivity contribution in [3.05, 3.63) is 94.7 Å². The molecule has 0 aliphatic heterocycles. The van der Waals surface area contributed by atoms with Crippen LogP contribution >= 0.6 is 0 Å². The average molecular weight is 446 g/mol. The van der Waals surface area contributed by atoms with E-state index < -0.39 is 0 Å². The van der Waals surface area contributed by atoms with Crippen molar-refractivity contribution < 1.29 is 0 Å². The molecule has 3 saturated carbocycles.